The number of aliphatic carboxylic acids is 1. The minimum atomic E-state index is -4.25. The Hall–Kier alpha value is -0.780. The first kappa shape index (κ1) is 14.2. The summed E-state index contributed by atoms with van der Waals surface area (Å²) < 4.78 is 35.9. The van der Waals surface area contributed by atoms with Gasteiger partial charge in [0.2, 0.25) is 0 Å². The maximum atomic E-state index is 12.0. The summed E-state index contributed by atoms with van der Waals surface area (Å²) in [6, 6.07) is 0. The Morgan fingerprint density at radius 2 is 1.80 bits per heavy atom. The molecule has 0 bridgehead atoms. The molecule has 0 unspecified atom stereocenters. The smallest absolute Gasteiger partial charge is 0.390 e. The molecule has 0 heterocycles. The van der Waals surface area contributed by atoms with Gasteiger partial charge in [0, 0.05) is 6.54 Å². The molecule has 0 aromatic carbocycles. The number of hydrogen-bond acceptors (Lipinski definition) is 2. The number of carboxylic acids is 1. The Kier molecular flexibility index (Phi) is 4.58. The van der Waals surface area contributed by atoms with Crippen LogP contribution >= 0.6 is 0 Å². The fourth-order valence-electron chi connectivity index (χ4n) is 1.23. The van der Waals surface area contributed by atoms with E-state index in [-0.39, 0.29) is 13.1 Å². The van der Waals surface area contributed by atoms with Gasteiger partial charge >= 0.3 is 12.1 Å². The van der Waals surface area contributed by atoms with Gasteiger partial charge in [0.05, 0.1) is 6.42 Å². The van der Waals surface area contributed by atoms with Crippen LogP contribution in [0.3, 0.4) is 0 Å². The van der Waals surface area contributed by atoms with E-state index in [1.807, 2.05) is 0 Å². The summed E-state index contributed by atoms with van der Waals surface area (Å²) in [6.07, 6.45) is -5.24. The number of likely N-dealkylation sites (N-methyl/N-ethyl adjacent to an activating group) is 1. The molecule has 0 spiro atoms. The third-order valence-electron chi connectivity index (χ3n) is 2.36. The first-order chi connectivity index (χ1) is 6.61. The number of carbonyl (C=O) groups is 1. The fraction of sp³-hybridized carbons (Fsp3) is 0.889. The molecule has 0 aliphatic heterocycles. The molecular weight excluding hydrogens is 211 g/mol. The summed E-state index contributed by atoms with van der Waals surface area (Å²) in [5.41, 5.74) is -1.26. The summed E-state index contributed by atoms with van der Waals surface area (Å²) >= 11 is 0. The van der Waals surface area contributed by atoms with Crippen molar-refractivity contribution < 1.29 is 23.1 Å². The van der Waals surface area contributed by atoms with Gasteiger partial charge in [-0.05, 0) is 20.4 Å². The minimum Gasteiger partial charge on any atom is -0.480 e. The second kappa shape index (κ2) is 4.83. The van der Waals surface area contributed by atoms with Crippen molar-refractivity contribution in [2.45, 2.75) is 38.9 Å². The number of nitrogens with zero attached hydrogens (tertiary/aromatic N) is 1. The van der Waals surface area contributed by atoms with E-state index in [2.05, 4.69) is 0 Å². The van der Waals surface area contributed by atoms with Crippen LogP contribution in [0.4, 0.5) is 13.2 Å². The summed E-state index contributed by atoms with van der Waals surface area (Å²) in [4.78, 5) is 12.1. The van der Waals surface area contributed by atoms with Crippen molar-refractivity contribution in [2.75, 3.05) is 13.1 Å². The molecule has 0 saturated heterocycles. The van der Waals surface area contributed by atoms with E-state index >= 15 is 0 Å². The highest BCUT2D eigenvalue weighted by molar-refractivity contribution is 5.77. The van der Waals surface area contributed by atoms with Crippen LogP contribution in [0.15, 0.2) is 0 Å². The van der Waals surface area contributed by atoms with Crippen molar-refractivity contribution in [3.63, 3.8) is 0 Å². The van der Waals surface area contributed by atoms with Gasteiger partial charge in [-0.3, -0.25) is 9.69 Å². The molecule has 0 saturated carbocycles. The van der Waals surface area contributed by atoms with Crippen LogP contribution in [-0.2, 0) is 4.79 Å². The zero-order chi connectivity index (χ0) is 12.3. The average Bonchev–Trinajstić information content (AvgIpc) is 2.02. The second-order valence-corrected chi connectivity index (χ2v) is 3.81. The average molecular weight is 227 g/mol. The quantitative estimate of drug-likeness (QED) is 0.782. The molecule has 6 heteroatoms. The van der Waals surface area contributed by atoms with Crippen LogP contribution in [0.5, 0.6) is 0 Å². The van der Waals surface area contributed by atoms with Gasteiger partial charge in [-0.2, -0.15) is 13.2 Å². The highest BCUT2D eigenvalue weighted by Gasteiger charge is 2.36. The van der Waals surface area contributed by atoms with E-state index in [9.17, 15) is 18.0 Å². The summed E-state index contributed by atoms with van der Waals surface area (Å²) in [7, 11) is 0. The van der Waals surface area contributed by atoms with Gasteiger partial charge in [0.25, 0.3) is 0 Å². The van der Waals surface area contributed by atoms with Gasteiger partial charge in [-0.15, -0.1) is 0 Å². The molecule has 0 atom stereocenters. The highest BCUT2D eigenvalue weighted by atomic mass is 19.4. The van der Waals surface area contributed by atoms with E-state index in [1.54, 1.807) is 6.92 Å². The van der Waals surface area contributed by atoms with Crippen LogP contribution in [0, 0.1) is 0 Å². The Labute approximate surface area is 86.9 Å². The van der Waals surface area contributed by atoms with Crippen LogP contribution in [0.2, 0.25) is 0 Å². The lowest BCUT2D eigenvalue weighted by molar-refractivity contribution is -0.156. The van der Waals surface area contributed by atoms with E-state index in [1.165, 1.54) is 18.7 Å². The van der Waals surface area contributed by atoms with Crippen LogP contribution in [0.25, 0.3) is 0 Å². The van der Waals surface area contributed by atoms with Crippen molar-refractivity contribution in [3.8, 4) is 0 Å². The molecule has 0 aliphatic rings. The third-order valence-corrected chi connectivity index (χ3v) is 2.36. The summed E-state index contributed by atoms with van der Waals surface area (Å²) in [5.74, 6) is -1.12. The predicted molar refractivity (Wildman–Crippen MR) is 49.6 cm³/mol. The number of hydrogen-bond donors (Lipinski definition) is 1. The Morgan fingerprint density at radius 1 is 1.33 bits per heavy atom. The normalized spacial score (nSPS) is 13.3. The van der Waals surface area contributed by atoms with Gasteiger partial charge in [0.1, 0.15) is 5.54 Å². The van der Waals surface area contributed by atoms with E-state index in [0.717, 1.165) is 0 Å². The van der Waals surface area contributed by atoms with E-state index < -0.39 is 24.1 Å². The topological polar surface area (TPSA) is 40.5 Å². The zero-order valence-corrected chi connectivity index (χ0v) is 9.06. The molecule has 0 aromatic rings. The first-order valence-corrected chi connectivity index (χ1v) is 4.66. The molecule has 1 N–H and O–H groups in total. The molecule has 0 aliphatic carbocycles. The number of rotatable bonds is 5. The zero-order valence-electron chi connectivity index (χ0n) is 9.06. The fourth-order valence-corrected chi connectivity index (χ4v) is 1.23. The van der Waals surface area contributed by atoms with Crippen molar-refractivity contribution in [1.82, 2.24) is 4.90 Å². The van der Waals surface area contributed by atoms with Crippen molar-refractivity contribution in [1.29, 1.82) is 0 Å². The number of halogens is 3. The standard InChI is InChI=1S/C9H16F3NO2/c1-4-13(6-5-9(10,11)12)8(2,3)7(14)15/h4-6H2,1-3H3,(H,14,15). The van der Waals surface area contributed by atoms with E-state index in [0.29, 0.717) is 0 Å². The second-order valence-electron chi connectivity index (χ2n) is 3.81. The largest absolute Gasteiger partial charge is 0.480 e. The molecule has 0 fully saturated rings. The lowest BCUT2D eigenvalue weighted by atomic mass is 10.0. The lowest BCUT2D eigenvalue weighted by Crippen LogP contribution is -2.50. The van der Waals surface area contributed by atoms with Crippen LogP contribution < -0.4 is 0 Å². The van der Waals surface area contributed by atoms with Crippen LogP contribution in [0.1, 0.15) is 27.2 Å². The Balaban J connectivity index is 4.44. The van der Waals surface area contributed by atoms with Crippen LogP contribution in [-0.4, -0.2) is 40.8 Å². The Morgan fingerprint density at radius 3 is 2.07 bits per heavy atom. The molecular formula is C9H16F3NO2. The first-order valence-electron chi connectivity index (χ1n) is 4.66. The van der Waals surface area contributed by atoms with Gasteiger partial charge in [-0.1, -0.05) is 6.92 Å². The SMILES string of the molecule is CCN(CCC(F)(F)F)C(C)(C)C(=O)O. The maximum Gasteiger partial charge on any atom is 0.390 e. The van der Waals surface area contributed by atoms with Crippen molar-refractivity contribution in [3.05, 3.63) is 0 Å². The van der Waals surface area contributed by atoms with Crippen molar-refractivity contribution in [2.24, 2.45) is 0 Å². The maximum absolute atomic E-state index is 12.0. The predicted octanol–water partition coefficient (Wildman–Crippen LogP) is 2.12. The van der Waals surface area contributed by atoms with Crippen molar-refractivity contribution >= 4 is 5.97 Å². The molecule has 0 rings (SSSR count). The van der Waals surface area contributed by atoms with Gasteiger partial charge in [0.15, 0.2) is 0 Å². The van der Waals surface area contributed by atoms with Gasteiger partial charge in [-0.25, -0.2) is 0 Å². The highest BCUT2D eigenvalue weighted by Crippen LogP contribution is 2.22. The minimum absolute atomic E-state index is 0.273. The summed E-state index contributed by atoms with van der Waals surface area (Å²) in [5, 5.41) is 8.85. The number of alkyl halides is 3. The molecule has 3 nitrogen and oxygen atoms in total. The molecule has 0 radical (unpaired) electrons. The molecule has 0 aromatic heterocycles. The molecule has 90 valence electrons. The molecule has 15 heavy (non-hydrogen) atoms. The Bertz CT molecular complexity index is 226. The number of carboxylic acid groups (broad SMARTS) is 1. The molecule has 0 amide bonds. The summed E-state index contributed by atoms with van der Waals surface area (Å²) in [6.45, 7) is 4.42. The monoisotopic (exact) mass is 227 g/mol. The lowest BCUT2D eigenvalue weighted by Gasteiger charge is -2.34. The van der Waals surface area contributed by atoms with Gasteiger partial charge < -0.3 is 5.11 Å². The third kappa shape index (κ3) is 4.51. The van der Waals surface area contributed by atoms with E-state index in [4.69, 9.17) is 5.11 Å².